The van der Waals surface area contributed by atoms with Gasteiger partial charge in [-0.1, -0.05) is 66.2 Å². The number of aryl methyl sites for hydroxylation is 1. The fraction of sp³-hybridized carbons (Fsp3) is 0.308. The Labute approximate surface area is 182 Å². The molecule has 0 amide bonds. The van der Waals surface area contributed by atoms with Crippen molar-refractivity contribution in [3.05, 3.63) is 94.0 Å². The van der Waals surface area contributed by atoms with E-state index in [1.807, 2.05) is 24.3 Å². The Morgan fingerprint density at radius 1 is 0.933 bits per heavy atom. The number of benzene rings is 3. The number of aliphatic hydroxyl groups excluding tert-OH is 2. The molecule has 0 aromatic heterocycles. The Balaban J connectivity index is 1.51. The molecule has 156 valence electrons. The second-order valence-electron chi connectivity index (χ2n) is 8.12. The molecule has 1 aliphatic rings. The molecule has 1 fully saturated rings. The Bertz CT molecular complexity index is 982. The van der Waals surface area contributed by atoms with Crippen LogP contribution in [-0.4, -0.2) is 29.0 Å². The summed E-state index contributed by atoms with van der Waals surface area (Å²) in [5.41, 5.74) is 7.10. The largest absolute Gasteiger partial charge is 0.394 e. The van der Waals surface area contributed by atoms with Gasteiger partial charge >= 0.3 is 0 Å². The molecule has 3 nitrogen and oxygen atoms in total. The molecule has 3 atom stereocenters. The SMILES string of the molecule is Cc1ccc(C2CC(O)CC(CO)O2)cc1Cc1ccc(-c2ccc(Cl)cc2)cc1. The zero-order valence-electron chi connectivity index (χ0n) is 17.1. The van der Waals surface area contributed by atoms with E-state index in [-0.39, 0.29) is 18.8 Å². The average Bonchev–Trinajstić information content (AvgIpc) is 2.76. The third-order valence-corrected chi connectivity index (χ3v) is 6.10. The van der Waals surface area contributed by atoms with Crippen molar-refractivity contribution in [1.82, 2.24) is 0 Å². The van der Waals surface area contributed by atoms with E-state index >= 15 is 0 Å². The Hall–Kier alpha value is -2.17. The molecule has 4 rings (SSSR count). The van der Waals surface area contributed by atoms with E-state index in [0.717, 1.165) is 22.6 Å². The molecule has 4 heteroatoms. The van der Waals surface area contributed by atoms with Crippen LogP contribution in [0, 0.1) is 6.92 Å². The summed E-state index contributed by atoms with van der Waals surface area (Å²) in [6.45, 7) is 2.06. The first-order valence-corrected chi connectivity index (χ1v) is 10.8. The minimum atomic E-state index is -0.439. The van der Waals surface area contributed by atoms with Crippen LogP contribution in [0.4, 0.5) is 0 Å². The van der Waals surface area contributed by atoms with E-state index in [4.69, 9.17) is 16.3 Å². The standard InChI is InChI=1S/C26H27ClO3/c1-17-2-5-21(26-15-24(29)14-25(16-28)30-26)13-22(17)12-18-3-6-19(7-4-18)20-8-10-23(27)11-9-20/h2-11,13,24-26,28-29H,12,14-16H2,1H3. The van der Waals surface area contributed by atoms with Crippen molar-refractivity contribution >= 4 is 11.6 Å². The first kappa shape index (κ1) is 21.1. The van der Waals surface area contributed by atoms with E-state index in [1.165, 1.54) is 22.3 Å². The number of hydrogen-bond donors (Lipinski definition) is 2. The highest BCUT2D eigenvalue weighted by Crippen LogP contribution is 2.33. The summed E-state index contributed by atoms with van der Waals surface area (Å²) in [4.78, 5) is 0. The first-order chi connectivity index (χ1) is 14.5. The smallest absolute Gasteiger partial charge is 0.0854 e. The molecular formula is C26H27ClO3. The van der Waals surface area contributed by atoms with Gasteiger partial charge in [-0.2, -0.15) is 0 Å². The summed E-state index contributed by atoms with van der Waals surface area (Å²) in [5, 5.41) is 20.3. The molecule has 0 spiro atoms. The molecule has 30 heavy (non-hydrogen) atoms. The zero-order chi connectivity index (χ0) is 21.1. The molecule has 3 aromatic carbocycles. The lowest BCUT2D eigenvalue weighted by atomic mass is 9.92. The molecule has 0 bridgehead atoms. The number of rotatable bonds is 5. The Morgan fingerprint density at radius 3 is 2.27 bits per heavy atom. The van der Waals surface area contributed by atoms with E-state index in [1.54, 1.807) is 0 Å². The van der Waals surface area contributed by atoms with Gasteiger partial charge in [0, 0.05) is 17.9 Å². The number of aliphatic hydroxyl groups is 2. The van der Waals surface area contributed by atoms with Gasteiger partial charge in [-0.05, 0) is 58.9 Å². The summed E-state index contributed by atoms with van der Waals surface area (Å²) < 4.78 is 5.99. The maximum Gasteiger partial charge on any atom is 0.0854 e. The molecule has 1 aliphatic heterocycles. The Morgan fingerprint density at radius 2 is 1.60 bits per heavy atom. The lowest BCUT2D eigenvalue weighted by molar-refractivity contribution is -0.113. The van der Waals surface area contributed by atoms with Crippen LogP contribution in [-0.2, 0) is 11.2 Å². The summed E-state index contributed by atoms with van der Waals surface area (Å²) in [7, 11) is 0. The lowest BCUT2D eigenvalue weighted by Crippen LogP contribution is -2.33. The van der Waals surface area contributed by atoms with Gasteiger partial charge in [0.2, 0.25) is 0 Å². The van der Waals surface area contributed by atoms with Gasteiger partial charge in [0.05, 0.1) is 24.9 Å². The van der Waals surface area contributed by atoms with Crippen LogP contribution in [0.1, 0.15) is 41.2 Å². The maximum atomic E-state index is 10.1. The molecular weight excluding hydrogens is 396 g/mol. The van der Waals surface area contributed by atoms with Crippen LogP contribution in [0.15, 0.2) is 66.7 Å². The van der Waals surface area contributed by atoms with Crippen molar-refractivity contribution in [3.63, 3.8) is 0 Å². The fourth-order valence-electron chi connectivity index (χ4n) is 4.08. The number of ether oxygens (including phenoxy) is 1. The summed E-state index contributed by atoms with van der Waals surface area (Å²) in [5.74, 6) is 0. The summed E-state index contributed by atoms with van der Waals surface area (Å²) in [6, 6.07) is 22.9. The van der Waals surface area contributed by atoms with E-state index in [0.29, 0.717) is 12.8 Å². The van der Waals surface area contributed by atoms with Gasteiger partial charge in [-0.15, -0.1) is 0 Å². The molecule has 1 heterocycles. The maximum absolute atomic E-state index is 10.1. The van der Waals surface area contributed by atoms with Gasteiger partial charge in [-0.3, -0.25) is 0 Å². The molecule has 0 aliphatic carbocycles. The van der Waals surface area contributed by atoms with Crippen molar-refractivity contribution in [2.45, 2.75) is 44.5 Å². The quantitative estimate of drug-likeness (QED) is 0.572. The van der Waals surface area contributed by atoms with Gasteiger partial charge in [0.15, 0.2) is 0 Å². The van der Waals surface area contributed by atoms with E-state index in [9.17, 15) is 10.2 Å². The van der Waals surface area contributed by atoms with Gasteiger partial charge in [-0.25, -0.2) is 0 Å². The van der Waals surface area contributed by atoms with Crippen molar-refractivity contribution in [2.24, 2.45) is 0 Å². The molecule has 3 unspecified atom stereocenters. The predicted octanol–water partition coefficient (Wildman–Crippen LogP) is 5.48. The molecule has 2 N–H and O–H groups in total. The van der Waals surface area contributed by atoms with Gasteiger partial charge in [0.25, 0.3) is 0 Å². The summed E-state index contributed by atoms with van der Waals surface area (Å²) >= 11 is 5.99. The average molecular weight is 423 g/mol. The monoisotopic (exact) mass is 422 g/mol. The molecule has 0 saturated carbocycles. The minimum Gasteiger partial charge on any atom is -0.394 e. The van der Waals surface area contributed by atoms with Crippen molar-refractivity contribution in [3.8, 4) is 11.1 Å². The lowest BCUT2D eigenvalue weighted by Gasteiger charge is -2.32. The number of halogens is 1. The van der Waals surface area contributed by atoms with Crippen LogP contribution in [0.3, 0.4) is 0 Å². The van der Waals surface area contributed by atoms with Crippen molar-refractivity contribution < 1.29 is 14.9 Å². The van der Waals surface area contributed by atoms with Crippen LogP contribution in [0.25, 0.3) is 11.1 Å². The van der Waals surface area contributed by atoms with Crippen LogP contribution >= 0.6 is 11.6 Å². The summed E-state index contributed by atoms with van der Waals surface area (Å²) in [6.07, 6.45) is 0.965. The van der Waals surface area contributed by atoms with Crippen LogP contribution in [0.2, 0.25) is 5.02 Å². The highest BCUT2D eigenvalue weighted by Gasteiger charge is 2.29. The normalized spacial score (nSPS) is 21.5. The third-order valence-electron chi connectivity index (χ3n) is 5.85. The zero-order valence-corrected chi connectivity index (χ0v) is 17.8. The van der Waals surface area contributed by atoms with Gasteiger partial charge in [0.1, 0.15) is 0 Å². The molecule has 0 radical (unpaired) electrons. The first-order valence-electron chi connectivity index (χ1n) is 10.4. The Kier molecular flexibility index (Phi) is 6.55. The second-order valence-corrected chi connectivity index (χ2v) is 8.56. The number of hydrogen-bond acceptors (Lipinski definition) is 3. The molecule has 3 aromatic rings. The fourth-order valence-corrected chi connectivity index (χ4v) is 4.21. The topological polar surface area (TPSA) is 49.7 Å². The third kappa shape index (κ3) is 4.93. The van der Waals surface area contributed by atoms with Crippen LogP contribution in [0.5, 0.6) is 0 Å². The molecule has 1 saturated heterocycles. The highest BCUT2D eigenvalue weighted by atomic mass is 35.5. The predicted molar refractivity (Wildman–Crippen MR) is 121 cm³/mol. The van der Waals surface area contributed by atoms with Crippen LogP contribution < -0.4 is 0 Å². The van der Waals surface area contributed by atoms with E-state index in [2.05, 4.69) is 49.4 Å². The van der Waals surface area contributed by atoms with E-state index < -0.39 is 6.10 Å². The van der Waals surface area contributed by atoms with Gasteiger partial charge < -0.3 is 14.9 Å². The minimum absolute atomic E-state index is 0.0632. The second kappa shape index (κ2) is 9.32. The van der Waals surface area contributed by atoms with Crippen molar-refractivity contribution in [1.29, 1.82) is 0 Å². The van der Waals surface area contributed by atoms with Crippen molar-refractivity contribution in [2.75, 3.05) is 6.61 Å². The highest BCUT2D eigenvalue weighted by molar-refractivity contribution is 6.30.